The van der Waals surface area contributed by atoms with Crippen LogP contribution in [0.25, 0.3) is 21.5 Å². The molecule has 0 radical (unpaired) electrons. The number of benzene rings is 2. The van der Waals surface area contributed by atoms with Crippen LogP contribution in [0.1, 0.15) is 18.1 Å². The van der Waals surface area contributed by atoms with E-state index in [0.717, 1.165) is 28.8 Å². The van der Waals surface area contributed by atoms with Crippen molar-refractivity contribution in [1.82, 2.24) is 15.2 Å². The summed E-state index contributed by atoms with van der Waals surface area (Å²) >= 11 is 1.70. The molecule has 0 fully saturated rings. The molecule has 148 valence electrons. The monoisotopic (exact) mass is 407 g/mol. The number of para-hydroxylation sites is 1. The van der Waals surface area contributed by atoms with Gasteiger partial charge >= 0.3 is 6.03 Å². The van der Waals surface area contributed by atoms with Crippen LogP contribution in [0.15, 0.2) is 66.0 Å². The molecule has 2 N–H and O–H groups in total. The molecule has 0 bridgehead atoms. The van der Waals surface area contributed by atoms with Gasteiger partial charge in [0.2, 0.25) is 0 Å². The second-order valence-corrected chi connectivity index (χ2v) is 7.68. The van der Waals surface area contributed by atoms with Crippen molar-refractivity contribution in [3.8, 4) is 10.6 Å². The number of aryl methyl sites for hydroxylation is 1. The minimum absolute atomic E-state index is 0.250. The third-order valence-corrected chi connectivity index (χ3v) is 5.82. The van der Waals surface area contributed by atoms with Crippen LogP contribution in [0.4, 0.5) is 9.18 Å². The van der Waals surface area contributed by atoms with E-state index in [2.05, 4.69) is 45.7 Å². The number of amides is 2. The molecule has 2 aromatic heterocycles. The standard InChI is InChI=1S/C23H22FN3OS/c1-2-27-20-7-4-3-6-18(20)19(22(27)21-8-5-13-29-21)15-26-23(28)25-14-16-9-11-17(24)12-10-16/h3-13H,2,14-15H2,1H3,(H2,25,26,28). The molecule has 6 heteroatoms. The number of rotatable bonds is 6. The van der Waals surface area contributed by atoms with Gasteiger partial charge in [0.15, 0.2) is 0 Å². The molecule has 29 heavy (non-hydrogen) atoms. The Labute approximate surface area is 173 Å². The maximum absolute atomic E-state index is 13.0. The summed E-state index contributed by atoms with van der Waals surface area (Å²) in [6, 6.07) is 18.3. The molecule has 0 aliphatic carbocycles. The Hall–Kier alpha value is -3.12. The van der Waals surface area contributed by atoms with Crippen LogP contribution in [0.5, 0.6) is 0 Å². The number of nitrogens with one attached hydrogen (secondary N) is 2. The summed E-state index contributed by atoms with van der Waals surface area (Å²) in [6.07, 6.45) is 0. The first kappa shape index (κ1) is 19.2. The maximum Gasteiger partial charge on any atom is 0.315 e. The lowest BCUT2D eigenvalue weighted by Gasteiger charge is -2.11. The van der Waals surface area contributed by atoms with Gasteiger partial charge in [0.1, 0.15) is 5.82 Å². The first-order valence-corrected chi connectivity index (χ1v) is 10.5. The summed E-state index contributed by atoms with van der Waals surface area (Å²) in [7, 11) is 0. The lowest BCUT2D eigenvalue weighted by atomic mass is 10.1. The van der Waals surface area contributed by atoms with E-state index in [9.17, 15) is 9.18 Å². The van der Waals surface area contributed by atoms with Gasteiger partial charge in [-0.15, -0.1) is 11.3 Å². The maximum atomic E-state index is 13.0. The van der Waals surface area contributed by atoms with Crippen LogP contribution in [0.2, 0.25) is 0 Å². The van der Waals surface area contributed by atoms with Gasteiger partial charge in [-0.2, -0.15) is 0 Å². The van der Waals surface area contributed by atoms with Crippen molar-refractivity contribution in [1.29, 1.82) is 0 Å². The number of fused-ring (bicyclic) bond motifs is 1. The van der Waals surface area contributed by atoms with Gasteiger partial charge in [0, 0.05) is 36.1 Å². The van der Waals surface area contributed by atoms with E-state index < -0.39 is 0 Å². The van der Waals surface area contributed by atoms with Crippen molar-refractivity contribution < 1.29 is 9.18 Å². The Morgan fingerprint density at radius 2 is 1.76 bits per heavy atom. The number of aromatic nitrogens is 1. The summed E-state index contributed by atoms with van der Waals surface area (Å²) in [5.74, 6) is -0.286. The van der Waals surface area contributed by atoms with Gasteiger partial charge in [0.05, 0.1) is 10.6 Å². The third-order valence-electron chi connectivity index (χ3n) is 4.94. The van der Waals surface area contributed by atoms with Crippen LogP contribution >= 0.6 is 11.3 Å². The van der Waals surface area contributed by atoms with Crippen molar-refractivity contribution in [2.75, 3.05) is 0 Å². The van der Waals surface area contributed by atoms with Crippen molar-refractivity contribution in [3.05, 3.63) is 83.0 Å². The van der Waals surface area contributed by atoms with Gasteiger partial charge in [-0.25, -0.2) is 9.18 Å². The molecule has 2 heterocycles. The lowest BCUT2D eigenvalue weighted by Crippen LogP contribution is -2.34. The Morgan fingerprint density at radius 1 is 1.00 bits per heavy atom. The molecule has 2 amide bonds. The molecule has 0 aliphatic heterocycles. The Balaban J connectivity index is 1.55. The summed E-state index contributed by atoms with van der Waals surface area (Å²) in [4.78, 5) is 13.6. The molecular formula is C23H22FN3OS. The highest BCUT2D eigenvalue weighted by Gasteiger charge is 2.18. The Bertz CT molecular complexity index is 1120. The Kier molecular flexibility index (Phi) is 5.62. The topological polar surface area (TPSA) is 46.1 Å². The van der Waals surface area contributed by atoms with E-state index in [1.807, 2.05) is 18.2 Å². The highest BCUT2D eigenvalue weighted by atomic mass is 32.1. The molecule has 4 aromatic rings. The number of hydrogen-bond donors (Lipinski definition) is 2. The number of urea groups is 1. The predicted octanol–water partition coefficient (Wildman–Crippen LogP) is 5.53. The molecule has 0 unspecified atom stereocenters. The summed E-state index contributed by atoms with van der Waals surface area (Å²) in [5, 5.41) is 9.03. The number of carbonyl (C=O) groups excluding carboxylic acids is 1. The largest absolute Gasteiger partial charge is 0.340 e. The first-order valence-electron chi connectivity index (χ1n) is 9.57. The van der Waals surface area contributed by atoms with Gasteiger partial charge in [-0.3, -0.25) is 0 Å². The van der Waals surface area contributed by atoms with E-state index in [4.69, 9.17) is 0 Å². The predicted molar refractivity (Wildman–Crippen MR) is 116 cm³/mol. The SMILES string of the molecule is CCn1c(-c2cccs2)c(CNC(=O)NCc2ccc(F)cc2)c2ccccc21. The molecule has 0 atom stereocenters. The highest BCUT2D eigenvalue weighted by molar-refractivity contribution is 7.13. The molecule has 4 nitrogen and oxygen atoms in total. The van der Waals surface area contributed by atoms with E-state index in [-0.39, 0.29) is 11.8 Å². The number of nitrogens with zero attached hydrogens (tertiary/aromatic N) is 1. The number of carbonyl (C=O) groups is 1. The van der Waals surface area contributed by atoms with Gasteiger partial charge in [0.25, 0.3) is 0 Å². The average molecular weight is 408 g/mol. The fourth-order valence-corrected chi connectivity index (χ4v) is 4.40. The van der Waals surface area contributed by atoms with E-state index in [1.165, 1.54) is 22.5 Å². The molecule has 4 rings (SSSR count). The third kappa shape index (κ3) is 4.03. The summed E-state index contributed by atoms with van der Waals surface area (Å²) in [6.45, 7) is 3.76. The first-order chi connectivity index (χ1) is 14.2. The van der Waals surface area contributed by atoms with Crippen LogP contribution in [-0.2, 0) is 19.6 Å². The summed E-state index contributed by atoms with van der Waals surface area (Å²) in [5.41, 5.74) is 4.29. The van der Waals surface area contributed by atoms with Gasteiger partial charge < -0.3 is 15.2 Å². The fraction of sp³-hybridized carbons (Fsp3) is 0.174. The number of hydrogen-bond acceptors (Lipinski definition) is 2. The van der Waals surface area contributed by atoms with Crippen LogP contribution in [0.3, 0.4) is 0 Å². The minimum atomic E-state index is -0.286. The van der Waals surface area contributed by atoms with Gasteiger partial charge in [-0.1, -0.05) is 36.4 Å². The second-order valence-electron chi connectivity index (χ2n) is 6.73. The van der Waals surface area contributed by atoms with Crippen LogP contribution in [-0.4, -0.2) is 10.6 Å². The molecule has 0 saturated heterocycles. The minimum Gasteiger partial charge on any atom is -0.340 e. The molecular weight excluding hydrogens is 385 g/mol. The van der Waals surface area contributed by atoms with Crippen LogP contribution < -0.4 is 10.6 Å². The fourth-order valence-electron chi connectivity index (χ4n) is 3.59. The lowest BCUT2D eigenvalue weighted by molar-refractivity contribution is 0.240. The van der Waals surface area contributed by atoms with E-state index in [0.29, 0.717) is 13.1 Å². The quantitative estimate of drug-likeness (QED) is 0.434. The zero-order valence-electron chi connectivity index (χ0n) is 16.1. The summed E-state index contributed by atoms with van der Waals surface area (Å²) < 4.78 is 15.3. The van der Waals surface area contributed by atoms with Gasteiger partial charge in [-0.05, 0) is 42.1 Å². The van der Waals surface area contributed by atoms with Crippen molar-refractivity contribution >= 4 is 28.3 Å². The molecule has 0 saturated carbocycles. The van der Waals surface area contributed by atoms with Crippen molar-refractivity contribution in [2.45, 2.75) is 26.6 Å². The zero-order valence-corrected chi connectivity index (χ0v) is 16.9. The normalized spacial score (nSPS) is 11.0. The van der Waals surface area contributed by atoms with E-state index in [1.54, 1.807) is 23.5 Å². The average Bonchev–Trinajstić information content (AvgIpc) is 3.37. The Morgan fingerprint density at radius 3 is 2.48 bits per heavy atom. The van der Waals surface area contributed by atoms with E-state index >= 15 is 0 Å². The van der Waals surface area contributed by atoms with Crippen LogP contribution in [0, 0.1) is 5.82 Å². The molecule has 2 aromatic carbocycles. The smallest absolute Gasteiger partial charge is 0.315 e. The zero-order chi connectivity index (χ0) is 20.2. The highest BCUT2D eigenvalue weighted by Crippen LogP contribution is 2.36. The number of thiophene rings is 1. The second kappa shape index (κ2) is 8.49. The number of halogens is 1. The molecule has 0 spiro atoms. The van der Waals surface area contributed by atoms with Crippen molar-refractivity contribution in [2.24, 2.45) is 0 Å². The van der Waals surface area contributed by atoms with Crippen molar-refractivity contribution in [3.63, 3.8) is 0 Å². The molecule has 0 aliphatic rings.